The van der Waals surface area contributed by atoms with Crippen LogP contribution in [0.15, 0.2) is 18.2 Å². The van der Waals surface area contributed by atoms with Gasteiger partial charge in [0.1, 0.15) is 5.75 Å². The Morgan fingerprint density at radius 3 is 2.62 bits per heavy atom. The molecule has 0 aliphatic carbocycles. The zero-order valence-electron chi connectivity index (χ0n) is 11.0. The zero-order valence-corrected chi connectivity index (χ0v) is 11.0. The third-order valence-corrected chi connectivity index (χ3v) is 2.59. The lowest BCUT2D eigenvalue weighted by Crippen LogP contribution is -2.06. The molecule has 16 heavy (non-hydrogen) atoms. The van der Waals surface area contributed by atoms with Gasteiger partial charge in [0.2, 0.25) is 0 Å². The number of hydrogen-bond donors (Lipinski definition) is 0. The lowest BCUT2D eigenvalue weighted by atomic mass is 10.1. The van der Waals surface area contributed by atoms with E-state index in [1.165, 1.54) is 24.0 Å². The van der Waals surface area contributed by atoms with E-state index < -0.39 is 0 Å². The summed E-state index contributed by atoms with van der Waals surface area (Å²) in [5, 5.41) is 0. The molecule has 0 amide bonds. The van der Waals surface area contributed by atoms with Crippen molar-refractivity contribution in [1.82, 2.24) is 0 Å². The molecule has 0 unspecified atom stereocenters. The molecule has 1 rings (SSSR count). The standard InChI is InChI=1S/C15H24O/c1-5-6-7-14-9-8-13(4)10-15(14)16-11-12(2)3/h8-10,12H,5-7,11H2,1-4H3. The van der Waals surface area contributed by atoms with E-state index in [0.29, 0.717) is 5.92 Å². The van der Waals surface area contributed by atoms with E-state index in [9.17, 15) is 0 Å². The Balaban J connectivity index is 2.72. The van der Waals surface area contributed by atoms with Crippen molar-refractivity contribution < 1.29 is 4.74 Å². The number of benzene rings is 1. The van der Waals surface area contributed by atoms with Crippen LogP contribution in [-0.4, -0.2) is 6.61 Å². The van der Waals surface area contributed by atoms with Gasteiger partial charge >= 0.3 is 0 Å². The van der Waals surface area contributed by atoms with Crippen LogP contribution in [0.4, 0.5) is 0 Å². The highest BCUT2D eigenvalue weighted by atomic mass is 16.5. The minimum Gasteiger partial charge on any atom is -0.493 e. The molecule has 0 bridgehead atoms. The van der Waals surface area contributed by atoms with Gasteiger partial charge in [0, 0.05) is 0 Å². The molecule has 0 spiro atoms. The molecule has 1 aromatic carbocycles. The normalized spacial score (nSPS) is 10.8. The van der Waals surface area contributed by atoms with Crippen LogP contribution in [0.1, 0.15) is 44.7 Å². The molecule has 0 atom stereocenters. The van der Waals surface area contributed by atoms with Crippen molar-refractivity contribution in [2.75, 3.05) is 6.61 Å². The summed E-state index contributed by atoms with van der Waals surface area (Å²) in [5.41, 5.74) is 2.63. The van der Waals surface area contributed by atoms with E-state index in [0.717, 1.165) is 18.8 Å². The Labute approximate surface area is 99.8 Å². The van der Waals surface area contributed by atoms with Crippen LogP contribution in [0, 0.1) is 12.8 Å². The second-order valence-corrected chi connectivity index (χ2v) is 4.92. The SMILES string of the molecule is CCCCc1ccc(C)cc1OCC(C)C. The monoisotopic (exact) mass is 220 g/mol. The Kier molecular flexibility index (Phi) is 5.37. The fourth-order valence-electron chi connectivity index (χ4n) is 1.63. The summed E-state index contributed by atoms with van der Waals surface area (Å²) < 4.78 is 5.88. The average Bonchev–Trinajstić information content (AvgIpc) is 2.25. The number of unbranched alkanes of at least 4 members (excludes halogenated alkanes) is 1. The molecule has 0 aliphatic heterocycles. The molecule has 0 fully saturated rings. The maximum absolute atomic E-state index is 5.88. The van der Waals surface area contributed by atoms with Crippen LogP contribution < -0.4 is 4.74 Å². The van der Waals surface area contributed by atoms with Gasteiger partial charge in [-0.25, -0.2) is 0 Å². The van der Waals surface area contributed by atoms with Gasteiger partial charge in [-0.2, -0.15) is 0 Å². The summed E-state index contributed by atoms with van der Waals surface area (Å²) in [6.45, 7) is 9.51. The Morgan fingerprint density at radius 1 is 1.25 bits per heavy atom. The minimum absolute atomic E-state index is 0.583. The predicted octanol–water partition coefficient (Wildman–Crippen LogP) is 4.37. The first-order valence-corrected chi connectivity index (χ1v) is 6.35. The molecule has 0 saturated heterocycles. The highest BCUT2D eigenvalue weighted by molar-refractivity contribution is 5.37. The van der Waals surface area contributed by atoms with Crippen LogP contribution in [0.2, 0.25) is 0 Å². The first-order chi connectivity index (χ1) is 7.63. The van der Waals surface area contributed by atoms with Gasteiger partial charge in [0.15, 0.2) is 0 Å². The largest absolute Gasteiger partial charge is 0.493 e. The predicted molar refractivity (Wildman–Crippen MR) is 70.1 cm³/mol. The molecule has 0 heterocycles. The van der Waals surface area contributed by atoms with Crippen molar-refractivity contribution in [2.45, 2.75) is 47.0 Å². The number of ether oxygens (including phenoxy) is 1. The molecule has 0 radical (unpaired) electrons. The molecule has 0 N–H and O–H groups in total. The third-order valence-electron chi connectivity index (χ3n) is 2.59. The maximum Gasteiger partial charge on any atom is 0.122 e. The molecular weight excluding hydrogens is 196 g/mol. The molecule has 1 nitrogen and oxygen atoms in total. The van der Waals surface area contributed by atoms with Gasteiger partial charge < -0.3 is 4.74 Å². The second-order valence-electron chi connectivity index (χ2n) is 4.92. The summed E-state index contributed by atoms with van der Waals surface area (Å²) in [4.78, 5) is 0. The highest BCUT2D eigenvalue weighted by Gasteiger charge is 2.04. The third kappa shape index (κ3) is 4.26. The maximum atomic E-state index is 5.88. The fraction of sp³-hybridized carbons (Fsp3) is 0.600. The second kappa shape index (κ2) is 6.57. The lowest BCUT2D eigenvalue weighted by molar-refractivity contribution is 0.268. The van der Waals surface area contributed by atoms with Gasteiger partial charge in [-0.05, 0) is 42.9 Å². The van der Waals surface area contributed by atoms with Crippen molar-refractivity contribution in [3.63, 3.8) is 0 Å². The molecule has 1 heteroatoms. The number of aryl methyl sites for hydroxylation is 2. The van der Waals surface area contributed by atoms with Gasteiger partial charge in [-0.1, -0.05) is 39.3 Å². The van der Waals surface area contributed by atoms with Gasteiger partial charge in [-0.15, -0.1) is 0 Å². The molecule has 0 aromatic heterocycles. The van der Waals surface area contributed by atoms with E-state index in [-0.39, 0.29) is 0 Å². The van der Waals surface area contributed by atoms with Crippen LogP contribution in [0.5, 0.6) is 5.75 Å². The topological polar surface area (TPSA) is 9.23 Å². The van der Waals surface area contributed by atoms with E-state index in [2.05, 4.69) is 45.9 Å². The first kappa shape index (κ1) is 13.1. The van der Waals surface area contributed by atoms with Crippen LogP contribution in [0.25, 0.3) is 0 Å². The van der Waals surface area contributed by atoms with Crippen molar-refractivity contribution in [3.8, 4) is 5.75 Å². The van der Waals surface area contributed by atoms with Crippen LogP contribution >= 0.6 is 0 Å². The molecule has 0 saturated carbocycles. The quantitative estimate of drug-likeness (QED) is 0.691. The van der Waals surface area contributed by atoms with Gasteiger partial charge in [-0.3, -0.25) is 0 Å². The summed E-state index contributed by atoms with van der Waals surface area (Å²) in [5.74, 6) is 1.67. The minimum atomic E-state index is 0.583. The first-order valence-electron chi connectivity index (χ1n) is 6.35. The van der Waals surface area contributed by atoms with E-state index >= 15 is 0 Å². The van der Waals surface area contributed by atoms with Crippen LogP contribution in [-0.2, 0) is 6.42 Å². The molecular formula is C15H24O. The highest BCUT2D eigenvalue weighted by Crippen LogP contribution is 2.22. The Morgan fingerprint density at radius 2 is 2.00 bits per heavy atom. The van der Waals surface area contributed by atoms with Crippen molar-refractivity contribution >= 4 is 0 Å². The molecule has 1 aromatic rings. The van der Waals surface area contributed by atoms with Crippen molar-refractivity contribution in [1.29, 1.82) is 0 Å². The number of rotatable bonds is 6. The average molecular weight is 220 g/mol. The molecule has 0 aliphatic rings. The fourth-order valence-corrected chi connectivity index (χ4v) is 1.63. The smallest absolute Gasteiger partial charge is 0.122 e. The summed E-state index contributed by atoms with van der Waals surface area (Å²) in [6.07, 6.45) is 3.60. The summed E-state index contributed by atoms with van der Waals surface area (Å²) in [7, 11) is 0. The van der Waals surface area contributed by atoms with E-state index in [1.807, 2.05) is 0 Å². The Bertz CT molecular complexity index is 315. The van der Waals surface area contributed by atoms with E-state index in [1.54, 1.807) is 0 Å². The molecule has 90 valence electrons. The Hall–Kier alpha value is -0.980. The lowest BCUT2D eigenvalue weighted by Gasteiger charge is -2.13. The summed E-state index contributed by atoms with van der Waals surface area (Å²) in [6, 6.07) is 6.54. The van der Waals surface area contributed by atoms with E-state index in [4.69, 9.17) is 4.74 Å². The van der Waals surface area contributed by atoms with Gasteiger partial charge in [0.25, 0.3) is 0 Å². The van der Waals surface area contributed by atoms with Crippen molar-refractivity contribution in [2.24, 2.45) is 5.92 Å². The summed E-state index contributed by atoms with van der Waals surface area (Å²) >= 11 is 0. The van der Waals surface area contributed by atoms with Crippen molar-refractivity contribution in [3.05, 3.63) is 29.3 Å². The number of hydrogen-bond acceptors (Lipinski definition) is 1. The van der Waals surface area contributed by atoms with Gasteiger partial charge in [0.05, 0.1) is 6.61 Å². The van der Waals surface area contributed by atoms with Crippen LogP contribution in [0.3, 0.4) is 0 Å². The zero-order chi connectivity index (χ0) is 12.0.